The molecule has 3 aliphatic rings. The Bertz CT molecular complexity index is 2690. The number of carbonyl (C=O) groups is 3. The van der Waals surface area contributed by atoms with E-state index in [4.69, 9.17) is 16.6 Å². The zero-order chi connectivity index (χ0) is 48.2. The average Bonchev–Trinajstić information content (AvgIpc) is 3.28. The summed E-state index contributed by atoms with van der Waals surface area (Å²) in [5, 5.41) is 27.7. The number of nitrogens with one attached hydrogen (secondary N) is 2. The first-order chi connectivity index (χ1) is 32.1. The highest BCUT2D eigenvalue weighted by Gasteiger charge is 2.29. The number of anilines is 1. The quantitative estimate of drug-likeness (QED) is 0.0216. The number of aromatic carboxylic acids is 1. The third-order valence-corrected chi connectivity index (χ3v) is 13.6. The molecule has 2 atom stereocenters. The van der Waals surface area contributed by atoms with Crippen LogP contribution in [0, 0.1) is 17.8 Å². The third kappa shape index (κ3) is 13.6. The van der Waals surface area contributed by atoms with Gasteiger partial charge in [-0.15, -0.1) is 0 Å². The van der Waals surface area contributed by atoms with Crippen LogP contribution < -0.4 is 16.1 Å². The number of carboxylic acids is 1. The van der Waals surface area contributed by atoms with Gasteiger partial charge in [0.1, 0.15) is 17.1 Å². The van der Waals surface area contributed by atoms with E-state index in [2.05, 4.69) is 51.3 Å². The van der Waals surface area contributed by atoms with E-state index in [0.717, 1.165) is 61.8 Å². The van der Waals surface area contributed by atoms with Crippen molar-refractivity contribution in [2.24, 2.45) is 17.8 Å². The van der Waals surface area contributed by atoms with Gasteiger partial charge in [0.15, 0.2) is 22.1 Å². The monoisotopic (exact) mass is 924 g/mol. The number of thiocarbonyl (C=S) groups is 1. The predicted octanol–water partition coefficient (Wildman–Crippen LogP) is 14.1. The standard InChI is InChI=1S/C57H68N2O7S/c1-35(2)13-10-14-36(3)15-11-16-37(4)17-12-18-38(5)20-25-44-39(6)54(62)49-31-40(21-26-46(49)55(44)63)19-8-7-9-30-58-57(67)59-41-22-27-45(50(32-41)56(64)65)53-47-28-23-42(60)33-51(47)66-52-34-43(61)24-29-48(52)53/h20-24,26-29,31-37,60H,7-19,25,30H2,1-6H3,(H,64,65)(H2,58,59,67)/b38-20+. The minimum atomic E-state index is -1.15. The number of aromatic hydroxyl groups is 1. The lowest BCUT2D eigenvalue weighted by Gasteiger charge is -2.19. The molecule has 10 heteroatoms. The molecule has 0 bridgehead atoms. The number of phenols is 1. The maximum Gasteiger partial charge on any atom is 0.336 e. The Hall–Kier alpha value is -5.87. The maximum atomic E-state index is 13.7. The van der Waals surface area contributed by atoms with Gasteiger partial charge in [0.2, 0.25) is 0 Å². The molecule has 67 heavy (non-hydrogen) atoms. The molecular weight excluding hydrogens is 857 g/mol. The molecule has 4 N–H and O–H groups in total. The third-order valence-electron chi connectivity index (χ3n) is 13.3. The van der Waals surface area contributed by atoms with Gasteiger partial charge in [-0.2, -0.15) is 0 Å². The molecule has 0 saturated carbocycles. The number of benzene rings is 4. The van der Waals surface area contributed by atoms with Crippen LogP contribution in [0.3, 0.4) is 0 Å². The van der Waals surface area contributed by atoms with E-state index in [1.807, 2.05) is 18.2 Å². The summed E-state index contributed by atoms with van der Waals surface area (Å²) < 4.78 is 5.93. The Balaban J connectivity index is 0.940. The SMILES string of the molecule is CC1=C(C/C=C(\C)CCCC(C)CCCC(C)CCCC(C)C)C(=O)c2ccc(CCCCCNC(=S)Nc3ccc(-c4c5ccc(=O)cc-5oc5cc(O)ccc45)c(C(=O)O)c3)cc2C1=O. The van der Waals surface area contributed by atoms with E-state index >= 15 is 0 Å². The van der Waals surface area contributed by atoms with Gasteiger partial charge in [-0.25, -0.2) is 4.79 Å². The molecule has 3 aromatic carbocycles. The molecule has 2 aliphatic carbocycles. The zero-order valence-electron chi connectivity index (χ0n) is 40.2. The van der Waals surface area contributed by atoms with Crippen LogP contribution in [0.2, 0.25) is 0 Å². The van der Waals surface area contributed by atoms with E-state index in [9.17, 15) is 29.4 Å². The highest BCUT2D eigenvalue weighted by Crippen LogP contribution is 2.42. The summed E-state index contributed by atoms with van der Waals surface area (Å²) >= 11 is 5.55. The number of rotatable bonds is 23. The Kier molecular flexibility index (Phi) is 17.9. The lowest BCUT2D eigenvalue weighted by molar-refractivity contribution is 0.0697. The van der Waals surface area contributed by atoms with Crippen LogP contribution in [0.1, 0.15) is 162 Å². The van der Waals surface area contributed by atoms with E-state index in [0.29, 0.717) is 73.7 Å². The Morgan fingerprint density at radius 3 is 2.18 bits per heavy atom. The number of hydrogen-bond acceptors (Lipinski definition) is 7. The van der Waals surface area contributed by atoms with Crippen LogP contribution in [-0.2, 0) is 6.42 Å². The molecule has 354 valence electrons. The topological polar surface area (TPSA) is 146 Å². The van der Waals surface area contributed by atoms with Crippen molar-refractivity contribution in [2.45, 2.75) is 131 Å². The van der Waals surface area contributed by atoms with Crippen LogP contribution in [0.4, 0.5) is 5.69 Å². The van der Waals surface area contributed by atoms with Crippen molar-refractivity contribution in [3.63, 3.8) is 0 Å². The smallest absolute Gasteiger partial charge is 0.336 e. The van der Waals surface area contributed by atoms with Gasteiger partial charge in [0.25, 0.3) is 0 Å². The summed E-state index contributed by atoms with van der Waals surface area (Å²) in [5.74, 6) is 1.34. The van der Waals surface area contributed by atoms with E-state index in [1.165, 1.54) is 80.9 Å². The second-order valence-corrected chi connectivity index (χ2v) is 19.7. The van der Waals surface area contributed by atoms with Crippen molar-refractivity contribution in [1.82, 2.24) is 5.32 Å². The predicted molar refractivity (Wildman–Crippen MR) is 276 cm³/mol. The van der Waals surface area contributed by atoms with E-state index in [1.54, 1.807) is 31.2 Å². The number of Topliss-reactive ketones (excluding diaryl/α,β-unsaturated/α-hetero) is 2. The van der Waals surface area contributed by atoms with Crippen molar-refractivity contribution in [1.29, 1.82) is 0 Å². The highest BCUT2D eigenvalue weighted by atomic mass is 32.1. The van der Waals surface area contributed by atoms with Crippen molar-refractivity contribution >= 4 is 51.5 Å². The minimum Gasteiger partial charge on any atom is -0.508 e. The van der Waals surface area contributed by atoms with Gasteiger partial charge >= 0.3 is 5.97 Å². The number of allylic oxidation sites excluding steroid dienone is 4. The second-order valence-electron chi connectivity index (χ2n) is 19.3. The molecule has 0 amide bonds. The van der Waals surface area contributed by atoms with Gasteiger partial charge in [0, 0.05) is 63.2 Å². The summed E-state index contributed by atoms with van der Waals surface area (Å²) in [6.07, 6.45) is 17.4. The van der Waals surface area contributed by atoms with Gasteiger partial charge in [-0.3, -0.25) is 14.4 Å². The Morgan fingerprint density at radius 1 is 0.746 bits per heavy atom. The number of phenolic OH excluding ortho intramolecular Hbond substituents is 1. The molecule has 1 heterocycles. The summed E-state index contributed by atoms with van der Waals surface area (Å²) in [7, 11) is 0. The Labute approximate surface area is 401 Å². The molecule has 0 spiro atoms. The number of unbranched alkanes of at least 4 members (excludes halogenated alkanes) is 2. The van der Waals surface area contributed by atoms with E-state index in [-0.39, 0.29) is 34.1 Å². The molecule has 9 nitrogen and oxygen atoms in total. The number of aryl methyl sites for hydroxylation is 1. The molecule has 0 aromatic heterocycles. The summed E-state index contributed by atoms with van der Waals surface area (Å²) in [6, 6.07) is 19.6. The van der Waals surface area contributed by atoms with Gasteiger partial charge in [-0.1, -0.05) is 109 Å². The molecule has 6 rings (SSSR count). The first-order valence-electron chi connectivity index (χ1n) is 24.3. The van der Waals surface area contributed by atoms with Gasteiger partial charge in [0.05, 0.1) is 5.56 Å². The molecule has 0 saturated heterocycles. The first kappa shape index (κ1) is 50.5. The van der Waals surface area contributed by atoms with Gasteiger partial charge in [-0.05, 0) is 136 Å². The van der Waals surface area contributed by atoms with Crippen LogP contribution in [-0.4, -0.2) is 39.4 Å². The maximum absolute atomic E-state index is 13.7. The summed E-state index contributed by atoms with van der Waals surface area (Å²) in [6.45, 7) is 13.9. The van der Waals surface area contributed by atoms with Crippen LogP contribution >= 0.6 is 12.2 Å². The van der Waals surface area contributed by atoms with Crippen molar-refractivity contribution < 1.29 is 29.0 Å². The fourth-order valence-corrected chi connectivity index (χ4v) is 9.53. The van der Waals surface area contributed by atoms with Crippen LogP contribution in [0.25, 0.3) is 33.4 Å². The fourth-order valence-electron chi connectivity index (χ4n) is 9.31. The molecule has 1 aliphatic heterocycles. The number of ketones is 2. The zero-order valence-corrected chi connectivity index (χ0v) is 41.0. The number of carbonyl (C=O) groups excluding carboxylic acids is 2. The summed E-state index contributed by atoms with van der Waals surface area (Å²) in [5.41, 5.74) is 6.56. The van der Waals surface area contributed by atoms with Crippen molar-refractivity contribution in [3.05, 3.63) is 128 Å². The normalized spacial score (nSPS) is 13.9. The highest BCUT2D eigenvalue weighted by molar-refractivity contribution is 7.80. The second kappa shape index (κ2) is 23.7. The number of hydrogen-bond donors (Lipinski definition) is 4. The molecule has 2 unspecified atom stereocenters. The lowest BCUT2D eigenvalue weighted by atomic mass is 9.82. The fraction of sp³-hybridized carbons (Fsp3) is 0.421. The van der Waals surface area contributed by atoms with Crippen LogP contribution in [0.15, 0.2) is 105 Å². The molecule has 0 radical (unpaired) electrons. The first-order valence-corrected chi connectivity index (χ1v) is 24.7. The minimum absolute atomic E-state index is 0.0209. The molecular formula is C57H68N2O7S. The van der Waals surface area contributed by atoms with Crippen LogP contribution in [0.5, 0.6) is 5.75 Å². The van der Waals surface area contributed by atoms with E-state index < -0.39 is 5.97 Å². The average molecular weight is 925 g/mol. The number of carboxylic acid groups (broad SMARTS) is 1. The largest absolute Gasteiger partial charge is 0.508 e. The Morgan fingerprint density at radius 2 is 1.45 bits per heavy atom. The summed E-state index contributed by atoms with van der Waals surface area (Å²) in [4.78, 5) is 52.0. The lowest BCUT2D eigenvalue weighted by Crippen LogP contribution is -2.29. The van der Waals surface area contributed by atoms with Crippen molar-refractivity contribution in [3.8, 4) is 28.2 Å². The van der Waals surface area contributed by atoms with Gasteiger partial charge < -0.3 is 25.3 Å². The molecule has 3 aromatic rings. The van der Waals surface area contributed by atoms with Crippen molar-refractivity contribution in [2.75, 3.05) is 11.9 Å². The molecule has 0 fully saturated rings. The number of fused-ring (bicyclic) bond motifs is 3.